The zero-order valence-electron chi connectivity index (χ0n) is 24.4. The second kappa shape index (κ2) is 10.0. The van der Waals surface area contributed by atoms with Gasteiger partial charge in [-0.3, -0.25) is 0 Å². The van der Waals surface area contributed by atoms with Gasteiger partial charge in [-0.1, -0.05) is 109 Å². The van der Waals surface area contributed by atoms with Gasteiger partial charge in [0.05, 0.1) is 0 Å². The molecule has 0 unspecified atom stereocenters. The first-order chi connectivity index (χ1) is 22.8. The van der Waals surface area contributed by atoms with Crippen molar-refractivity contribution in [3.8, 4) is 34.2 Å². The molecule has 3 nitrogen and oxygen atoms in total. The van der Waals surface area contributed by atoms with Crippen LogP contribution >= 0.6 is 22.7 Å². The second-order valence-electron chi connectivity index (χ2n) is 11.6. The molecule has 0 radical (unpaired) electrons. The fourth-order valence-electron chi connectivity index (χ4n) is 6.90. The molecular weight excluding hydrogens is 599 g/mol. The van der Waals surface area contributed by atoms with Crippen LogP contribution in [0.4, 0.5) is 0 Å². The highest BCUT2D eigenvalue weighted by molar-refractivity contribution is 7.26. The standard InChI is InChI=1S/C41H23N3S2/c1-2-12-25-24(11-1)23-32(27-14-4-3-13-26(25)27)41-43-39(30-17-9-21-35-37(30)28-15-5-7-19-33(28)45-35)42-40(44-41)31-18-10-22-36-38(31)29-16-6-8-20-34(29)46-36/h1-23H. The van der Waals surface area contributed by atoms with Crippen molar-refractivity contribution in [2.45, 2.75) is 0 Å². The van der Waals surface area contributed by atoms with Crippen molar-refractivity contribution in [2.24, 2.45) is 0 Å². The van der Waals surface area contributed by atoms with Gasteiger partial charge in [0.1, 0.15) is 0 Å². The maximum absolute atomic E-state index is 5.31. The van der Waals surface area contributed by atoms with Gasteiger partial charge in [0.2, 0.25) is 0 Å². The molecule has 10 rings (SSSR count). The van der Waals surface area contributed by atoms with Crippen LogP contribution in [0, 0.1) is 0 Å². The van der Waals surface area contributed by atoms with E-state index in [9.17, 15) is 0 Å². The predicted octanol–water partition coefficient (Wildman–Crippen LogP) is 11.9. The molecule has 0 saturated heterocycles. The smallest absolute Gasteiger partial charge is 0.164 e. The van der Waals surface area contributed by atoms with E-state index in [2.05, 4.69) is 140 Å². The van der Waals surface area contributed by atoms with Gasteiger partial charge in [-0.15, -0.1) is 22.7 Å². The van der Waals surface area contributed by atoms with E-state index in [4.69, 9.17) is 15.0 Å². The fourth-order valence-corrected chi connectivity index (χ4v) is 9.16. The molecule has 5 heteroatoms. The number of thiophene rings is 2. The van der Waals surface area contributed by atoms with Gasteiger partial charge < -0.3 is 0 Å². The summed E-state index contributed by atoms with van der Waals surface area (Å²) in [6, 6.07) is 49.5. The summed E-state index contributed by atoms with van der Waals surface area (Å²) < 4.78 is 4.97. The number of fused-ring (bicyclic) bond motifs is 9. The van der Waals surface area contributed by atoms with E-state index in [1.165, 1.54) is 51.1 Å². The summed E-state index contributed by atoms with van der Waals surface area (Å²) in [5, 5.41) is 9.53. The number of rotatable bonds is 3. The highest BCUT2D eigenvalue weighted by atomic mass is 32.1. The summed E-state index contributed by atoms with van der Waals surface area (Å²) in [5.74, 6) is 2.04. The van der Waals surface area contributed by atoms with Crippen molar-refractivity contribution in [3.05, 3.63) is 140 Å². The third-order valence-corrected chi connectivity index (χ3v) is 11.2. The van der Waals surface area contributed by atoms with Gasteiger partial charge in [-0.05, 0) is 51.9 Å². The van der Waals surface area contributed by atoms with E-state index in [-0.39, 0.29) is 0 Å². The Balaban J connectivity index is 1.33. The summed E-state index contributed by atoms with van der Waals surface area (Å²) in [4.78, 5) is 15.9. The molecule has 0 atom stereocenters. The third kappa shape index (κ3) is 3.86. The Morgan fingerprint density at radius 1 is 0.326 bits per heavy atom. The van der Waals surface area contributed by atoms with E-state index >= 15 is 0 Å². The van der Waals surface area contributed by atoms with Gasteiger partial charge in [-0.25, -0.2) is 15.0 Å². The Kier molecular flexibility index (Phi) is 5.61. The molecule has 3 heterocycles. The van der Waals surface area contributed by atoms with Crippen LogP contribution in [0.25, 0.3) is 96.1 Å². The predicted molar refractivity (Wildman–Crippen MR) is 197 cm³/mol. The molecule has 0 amide bonds. The van der Waals surface area contributed by atoms with Gasteiger partial charge in [0.25, 0.3) is 0 Å². The van der Waals surface area contributed by atoms with Crippen LogP contribution in [0.15, 0.2) is 140 Å². The van der Waals surface area contributed by atoms with Gasteiger partial charge in [-0.2, -0.15) is 0 Å². The molecule has 214 valence electrons. The van der Waals surface area contributed by atoms with Gasteiger partial charge >= 0.3 is 0 Å². The molecule has 3 aromatic heterocycles. The lowest BCUT2D eigenvalue weighted by Gasteiger charge is -2.13. The van der Waals surface area contributed by atoms with Crippen LogP contribution in [0.3, 0.4) is 0 Å². The minimum Gasteiger partial charge on any atom is -0.208 e. The summed E-state index contributed by atoms with van der Waals surface area (Å²) in [6.45, 7) is 0. The summed E-state index contributed by atoms with van der Waals surface area (Å²) in [7, 11) is 0. The molecule has 0 aliphatic carbocycles. The summed E-state index contributed by atoms with van der Waals surface area (Å²) in [6.07, 6.45) is 0. The molecule has 7 aromatic carbocycles. The van der Waals surface area contributed by atoms with Crippen molar-refractivity contribution < 1.29 is 0 Å². The zero-order chi connectivity index (χ0) is 30.2. The lowest BCUT2D eigenvalue weighted by molar-refractivity contribution is 1.08. The maximum atomic E-state index is 5.31. The first-order valence-corrected chi connectivity index (χ1v) is 16.9. The molecule has 0 aliphatic heterocycles. The summed E-state index contributed by atoms with van der Waals surface area (Å²) >= 11 is 3.62. The topological polar surface area (TPSA) is 38.7 Å². The first-order valence-electron chi connectivity index (χ1n) is 15.3. The lowest BCUT2D eigenvalue weighted by atomic mass is 9.96. The van der Waals surface area contributed by atoms with E-state index in [1.807, 2.05) is 22.7 Å². The quantitative estimate of drug-likeness (QED) is 0.184. The molecule has 0 saturated carbocycles. The largest absolute Gasteiger partial charge is 0.208 e. The molecule has 10 aromatic rings. The number of aromatic nitrogens is 3. The Hall–Kier alpha value is -5.49. The SMILES string of the molecule is c1ccc2c(c1)cc(-c1nc(-c3cccc4sc5ccccc5c34)nc(-c3cccc4sc5ccccc5c34)n1)c1ccccc12. The fraction of sp³-hybridized carbons (Fsp3) is 0. The molecule has 0 spiro atoms. The van der Waals surface area contributed by atoms with Gasteiger partial charge in [0, 0.05) is 57.0 Å². The third-order valence-electron chi connectivity index (χ3n) is 8.93. The average molecular weight is 622 g/mol. The number of benzene rings is 7. The minimum atomic E-state index is 0.676. The van der Waals surface area contributed by atoms with Crippen molar-refractivity contribution in [1.29, 1.82) is 0 Å². The van der Waals surface area contributed by atoms with E-state index in [1.54, 1.807) is 0 Å². The van der Waals surface area contributed by atoms with Crippen molar-refractivity contribution in [2.75, 3.05) is 0 Å². The van der Waals surface area contributed by atoms with E-state index < -0.39 is 0 Å². The van der Waals surface area contributed by atoms with E-state index in [0.717, 1.165) is 27.5 Å². The van der Waals surface area contributed by atoms with E-state index in [0.29, 0.717) is 17.5 Å². The molecule has 0 aliphatic rings. The molecule has 46 heavy (non-hydrogen) atoms. The maximum Gasteiger partial charge on any atom is 0.164 e. The highest BCUT2D eigenvalue weighted by Crippen LogP contribution is 2.43. The van der Waals surface area contributed by atoms with Crippen LogP contribution in [0.1, 0.15) is 0 Å². The van der Waals surface area contributed by atoms with Crippen molar-refractivity contribution in [1.82, 2.24) is 15.0 Å². The Labute approximate surface area is 272 Å². The zero-order valence-corrected chi connectivity index (χ0v) is 26.1. The number of hydrogen-bond donors (Lipinski definition) is 0. The van der Waals surface area contributed by atoms with Crippen molar-refractivity contribution in [3.63, 3.8) is 0 Å². The molecule has 0 N–H and O–H groups in total. The minimum absolute atomic E-state index is 0.676. The Morgan fingerprint density at radius 3 is 1.35 bits per heavy atom. The van der Waals surface area contributed by atoms with Crippen LogP contribution in [0.5, 0.6) is 0 Å². The lowest BCUT2D eigenvalue weighted by Crippen LogP contribution is -2.01. The first kappa shape index (κ1) is 25.8. The molecular formula is C41H23N3S2. The second-order valence-corrected chi connectivity index (χ2v) is 13.7. The summed E-state index contributed by atoms with van der Waals surface area (Å²) in [5.41, 5.74) is 3.04. The monoisotopic (exact) mass is 621 g/mol. The van der Waals surface area contributed by atoms with Crippen LogP contribution in [0.2, 0.25) is 0 Å². The molecule has 0 fully saturated rings. The normalized spacial score (nSPS) is 11.9. The highest BCUT2D eigenvalue weighted by Gasteiger charge is 2.20. The van der Waals surface area contributed by atoms with Crippen LogP contribution in [-0.4, -0.2) is 15.0 Å². The Morgan fingerprint density at radius 2 is 0.761 bits per heavy atom. The van der Waals surface area contributed by atoms with Crippen LogP contribution < -0.4 is 0 Å². The molecule has 0 bridgehead atoms. The van der Waals surface area contributed by atoms with Crippen molar-refractivity contribution >= 4 is 84.6 Å². The number of hydrogen-bond acceptors (Lipinski definition) is 5. The van der Waals surface area contributed by atoms with Gasteiger partial charge in [0.15, 0.2) is 17.5 Å². The Bertz CT molecular complexity index is 2700. The van der Waals surface area contributed by atoms with Crippen LogP contribution in [-0.2, 0) is 0 Å². The number of nitrogens with zero attached hydrogens (tertiary/aromatic N) is 3. The average Bonchev–Trinajstić information content (AvgIpc) is 3.70.